The summed E-state index contributed by atoms with van der Waals surface area (Å²) in [5.74, 6) is -0.666. The van der Waals surface area contributed by atoms with E-state index in [1.54, 1.807) is 6.92 Å². The lowest BCUT2D eigenvalue weighted by atomic mass is 9.83. The number of carbonyl (C=O) groups is 1. The maximum Gasteiger partial charge on any atom is 0.251 e. The van der Waals surface area contributed by atoms with Crippen LogP contribution in [0.2, 0.25) is 0 Å². The molecule has 2 heterocycles. The lowest BCUT2D eigenvalue weighted by Gasteiger charge is -2.35. The molecule has 0 radical (unpaired) electrons. The molecule has 8 heteroatoms. The fourth-order valence-corrected chi connectivity index (χ4v) is 3.14. The van der Waals surface area contributed by atoms with E-state index < -0.39 is 11.6 Å². The Morgan fingerprint density at radius 3 is 2.64 bits per heavy atom. The SMILES string of the molecule is CC(=O)C[C@@H](C)COC1CC(COc2nccc(-c3ncc(F)cn3)c2F)C1. The molecule has 1 aliphatic carbocycles. The van der Waals surface area contributed by atoms with Gasteiger partial charge in [-0.1, -0.05) is 6.92 Å². The first-order valence-corrected chi connectivity index (χ1v) is 9.28. The fraction of sp³-hybridized carbons (Fsp3) is 0.500. The molecule has 2 aromatic rings. The molecule has 0 aromatic carbocycles. The molecule has 1 saturated carbocycles. The highest BCUT2D eigenvalue weighted by Crippen LogP contribution is 2.32. The van der Waals surface area contributed by atoms with Crippen LogP contribution in [0.3, 0.4) is 0 Å². The van der Waals surface area contributed by atoms with Crippen LogP contribution in [0.4, 0.5) is 8.78 Å². The molecule has 0 spiro atoms. The lowest BCUT2D eigenvalue weighted by Crippen LogP contribution is -2.36. The Bertz CT molecular complexity index is 811. The van der Waals surface area contributed by atoms with Gasteiger partial charge in [-0.3, -0.25) is 0 Å². The van der Waals surface area contributed by atoms with Gasteiger partial charge in [0, 0.05) is 19.2 Å². The molecular weight excluding hydrogens is 368 g/mol. The summed E-state index contributed by atoms with van der Waals surface area (Å²) in [5.41, 5.74) is 0.110. The summed E-state index contributed by atoms with van der Waals surface area (Å²) in [6.45, 7) is 4.47. The first kappa shape index (κ1) is 20.3. The second-order valence-corrected chi connectivity index (χ2v) is 7.32. The van der Waals surface area contributed by atoms with Gasteiger partial charge in [-0.05, 0) is 37.7 Å². The highest BCUT2D eigenvalue weighted by Gasteiger charge is 2.31. The molecule has 0 N–H and O–H groups in total. The van der Waals surface area contributed by atoms with Crippen LogP contribution < -0.4 is 4.74 Å². The van der Waals surface area contributed by atoms with Gasteiger partial charge in [0.2, 0.25) is 0 Å². The van der Waals surface area contributed by atoms with Crippen molar-refractivity contribution in [2.45, 2.75) is 39.2 Å². The van der Waals surface area contributed by atoms with Gasteiger partial charge in [-0.25, -0.2) is 23.7 Å². The van der Waals surface area contributed by atoms with E-state index in [4.69, 9.17) is 9.47 Å². The van der Waals surface area contributed by atoms with Crippen LogP contribution in [-0.4, -0.2) is 40.1 Å². The summed E-state index contributed by atoms with van der Waals surface area (Å²) in [6.07, 6.45) is 5.70. The first-order chi connectivity index (χ1) is 13.4. The van der Waals surface area contributed by atoms with Gasteiger partial charge in [0.1, 0.15) is 5.78 Å². The van der Waals surface area contributed by atoms with Crippen LogP contribution in [0.5, 0.6) is 5.88 Å². The van der Waals surface area contributed by atoms with E-state index in [9.17, 15) is 13.6 Å². The van der Waals surface area contributed by atoms with Gasteiger partial charge >= 0.3 is 0 Å². The summed E-state index contributed by atoms with van der Waals surface area (Å²) in [5, 5.41) is 0. The van der Waals surface area contributed by atoms with Gasteiger partial charge in [-0.15, -0.1) is 0 Å². The Morgan fingerprint density at radius 1 is 1.25 bits per heavy atom. The lowest BCUT2D eigenvalue weighted by molar-refractivity contribution is -0.119. The number of rotatable bonds is 9. The fourth-order valence-electron chi connectivity index (χ4n) is 3.14. The Kier molecular flexibility index (Phi) is 6.61. The molecule has 0 amide bonds. The molecule has 3 rings (SSSR count). The summed E-state index contributed by atoms with van der Waals surface area (Å²) in [7, 11) is 0. The number of ketones is 1. The number of nitrogens with zero attached hydrogens (tertiary/aromatic N) is 3. The van der Waals surface area contributed by atoms with E-state index in [1.807, 2.05) is 6.92 Å². The molecule has 0 saturated heterocycles. The van der Waals surface area contributed by atoms with Crippen molar-refractivity contribution in [2.24, 2.45) is 11.8 Å². The Balaban J connectivity index is 1.47. The average molecular weight is 391 g/mol. The number of aromatic nitrogens is 3. The van der Waals surface area contributed by atoms with Crippen molar-refractivity contribution >= 4 is 5.78 Å². The Labute approximate surface area is 162 Å². The third kappa shape index (κ3) is 5.28. The number of hydrogen-bond acceptors (Lipinski definition) is 6. The minimum atomic E-state index is -0.667. The molecule has 0 aliphatic heterocycles. The topological polar surface area (TPSA) is 74.2 Å². The van der Waals surface area contributed by atoms with E-state index in [1.165, 1.54) is 12.3 Å². The van der Waals surface area contributed by atoms with Crippen molar-refractivity contribution in [3.05, 3.63) is 36.3 Å². The van der Waals surface area contributed by atoms with Crippen LogP contribution in [0.25, 0.3) is 11.4 Å². The summed E-state index contributed by atoms with van der Waals surface area (Å²) >= 11 is 0. The maximum absolute atomic E-state index is 14.6. The van der Waals surface area contributed by atoms with Gasteiger partial charge in [-0.2, -0.15) is 0 Å². The van der Waals surface area contributed by atoms with Crippen LogP contribution in [-0.2, 0) is 9.53 Å². The molecule has 2 aromatic heterocycles. The van der Waals surface area contributed by atoms with Crippen molar-refractivity contribution in [3.63, 3.8) is 0 Å². The maximum atomic E-state index is 14.6. The van der Waals surface area contributed by atoms with Crippen molar-refractivity contribution in [3.8, 4) is 17.3 Å². The molecular formula is C20H23F2N3O3. The second-order valence-electron chi connectivity index (χ2n) is 7.32. The van der Waals surface area contributed by atoms with E-state index in [-0.39, 0.29) is 41.0 Å². The van der Waals surface area contributed by atoms with Gasteiger partial charge in [0.05, 0.1) is 30.7 Å². The van der Waals surface area contributed by atoms with Gasteiger partial charge < -0.3 is 14.3 Å². The monoisotopic (exact) mass is 391 g/mol. The highest BCUT2D eigenvalue weighted by molar-refractivity contribution is 5.75. The van der Waals surface area contributed by atoms with Crippen LogP contribution in [0.1, 0.15) is 33.1 Å². The van der Waals surface area contributed by atoms with E-state index >= 15 is 0 Å². The third-order valence-corrected chi connectivity index (χ3v) is 4.62. The number of pyridine rings is 1. The molecule has 0 bridgehead atoms. The van der Waals surface area contributed by atoms with Crippen molar-refractivity contribution in [2.75, 3.05) is 13.2 Å². The number of Topliss-reactive ketones (excluding diaryl/α,β-unsaturated/α-hetero) is 1. The van der Waals surface area contributed by atoms with Crippen molar-refractivity contribution < 1.29 is 23.0 Å². The van der Waals surface area contributed by atoms with Crippen molar-refractivity contribution in [1.82, 2.24) is 15.0 Å². The zero-order chi connectivity index (χ0) is 20.1. The summed E-state index contributed by atoms with van der Waals surface area (Å²) < 4.78 is 38.9. The minimum Gasteiger partial charge on any atom is -0.475 e. The third-order valence-electron chi connectivity index (χ3n) is 4.62. The van der Waals surface area contributed by atoms with Crippen LogP contribution in [0.15, 0.2) is 24.7 Å². The highest BCUT2D eigenvalue weighted by atomic mass is 19.1. The van der Waals surface area contributed by atoms with Crippen LogP contribution in [0, 0.1) is 23.5 Å². The largest absolute Gasteiger partial charge is 0.475 e. The van der Waals surface area contributed by atoms with Crippen molar-refractivity contribution in [1.29, 1.82) is 0 Å². The number of hydrogen-bond donors (Lipinski definition) is 0. The number of carbonyl (C=O) groups excluding carboxylic acids is 1. The molecule has 0 unspecified atom stereocenters. The predicted molar refractivity (Wildman–Crippen MR) is 97.6 cm³/mol. The zero-order valence-electron chi connectivity index (χ0n) is 15.9. The average Bonchev–Trinajstić information content (AvgIpc) is 2.61. The predicted octanol–water partition coefficient (Wildman–Crippen LogP) is 3.61. The Hall–Kier alpha value is -2.48. The second kappa shape index (κ2) is 9.14. The van der Waals surface area contributed by atoms with E-state index in [2.05, 4.69) is 15.0 Å². The quantitative estimate of drug-likeness (QED) is 0.650. The smallest absolute Gasteiger partial charge is 0.251 e. The minimum absolute atomic E-state index is 0.0722. The molecule has 28 heavy (non-hydrogen) atoms. The Morgan fingerprint density at radius 2 is 1.96 bits per heavy atom. The standard InChI is InChI=1S/C20H23F2N3O3/c1-12(5-13(2)26)10-27-16-6-14(7-16)11-28-20-18(22)17(3-4-23-20)19-24-8-15(21)9-25-19/h3-4,8-9,12,14,16H,5-7,10-11H2,1-2H3/t12-,14?,16?/m1/s1. The molecule has 6 nitrogen and oxygen atoms in total. The zero-order valence-corrected chi connectivity index (χ0v) is 15.9. The number of halogens is 2. The normalized spacial score (nSPS) is 19.7. The first-order valence-electron chi connectivity index (χ1n) is 9.28. The van der Waals surface area contributed by atoms with Gasteiger partial charge in [0.25, 0.3) is 5.88 Å². The van der Waals surface area contributed by atoms with Crippen LogP contribution >= 0.6 is 0 Å². The molecule has 1 aliphatic rings. The summed E-state index contributed by atoms with van der Waals surface area (Å²) in [4.78, 5) is 22.6. The molecule has 1 fully saturated rings. The van der Waals surface area contributed by atoms with Gasteiger partial charge in [0.15, 0.2) is 17.5 Å². The summed E-state index contributed by atoms with van der Waals surface area (Å²) in [6, 6.07) is 1.42. The molecule has 150 valence electrons. The molecule has 1 atom stereocenters. The van der Waals surface area contributed by atoms with E-state index in [0.717, 1.165) is 25.2 Å². The number of ether oxygens (including phenoxy) is 2. The van der Waals surface area contributed by atoms with E-state index in [0.29, 0.717) is 19.6 Å².